The van der Waals surface area contributed by atoms with Crippen LogP contribution in [-0.4, -0.2) is 4.98 Å². The molecule has 1 N–H and O–H groups in total. The first-order valence-corrected chi connectivity index (χ1v) is 4.90. The molecular formula is C9H13N2S+. The van der Waals surface area contributed by atoms with E-state index in [-0.39, 0.29) is 0 Å². The van der Waals surface area contributed by atoms with Gasteiger partial charge in [-0.2, -0.15) is 4.40 Å². The fraction of sp³-hybridized carbons (Fsp3) is 0.444. The van der Waals surface area contributed by atoms with Gasteiger partial charge in [-0.1, -0.05) is 11.3 Å². The van der Waals surface area contributed by atoms with E-state index in [4.69, 9.17) is 0 Å². The van der Waals surface area contributed by atoms with Crippen LogP contribution < -0.4 is 4.40 Å². The van der Waals surface area contributed by atoms with Crippen LogP contribution in [0.1, 0.15) is 22.1 Å². The molecular weight excluding hydrogens is 168 g/mol. The van der Waals surface area contributed by atoms with Crippen molar-refractivity contribution < 1.29 is 4.40 Å². The van der Waals surface area contributed by atoms with E-state index in [0.29, 0.717) is 0 Å². The Labute approximate surface area is 75.9 Å². The van der Waals surface area contributed by atoms with Crippen LogP contribution in [0.25, 0.3) is 4.83 Å². The third-order valence-corrected chi connectivity index (χ3v) is 3.61. The molecule has 2 nitrogen and oxygen atoms in total. The molecule has 0 saturated carbocycles. The van der Waals surface area contributed by atoms with Crippen LogP contribution in [0.3, 0.4) is 0 Å². The smallest absolute Gasteiger partial charge is 0.244 e. The topological polar surface area (TPSA) is 19.9 Å². The molecule has 0 aliphatic heterocycles. The highest BCUT2D eigenvalue weighted by atomic mass is 32.1. The predicted octanol–water partition coefficient (Wildman–Crippen LogP) is 2.05. The highest BCUT2D eigenvalue weighted by Crippen LogP contribution is 2.19. The summed E-state index contributed by atoms with van der Waals surface area (Å²) in [6, 6.07) is 0. The lowest BCUT2D eigenvalue weighted by Crippen LogP contribution is -2.23. The minimum atomic E-state index is 1.23. The SMILES string of the molecule is Cc1sc2c(C)[nH]c(C)[n+]2c1C. The number of nitrogens with one attached hydrogen (secondary N) is 1. The highest BCUT2D eigenvalue weighted by Gasteiger charge is 2.18. The first kappa shape index (κ1) is 7.80. The summed E-state index contributed by atoms with van der Waals surface area (Å²) in [7, 11) is 0. The minimum Gasteiger partial charge on any atom is -0.244 e. The van der Waals surface area contributed by atoms with Crippen LogP contribution in [0.5, 0.6) is 0 Å². The van der Waals surface area contributed by atoms with E-state index in [1.54, 1.807) is 0 Å². The van der Waals surface area contributed by atoms with Gasteiger partial charge in [0.1, 0.15) is 5.69 Å². The van der Waals surface area contributed by atoms with Crippen LogP contribution in [-0.2, 0) is 0 Å². The Bertz CT molecular complexity index is 437. The van der Waals surface area contributed by atoms with Gasteiger partial charge in [0.15, 0.2) is 5.69 Å². The zero-order valence-electron chi connectivity index (χ0n) is 7.86. The van der Waals surface area contributed by atoms with E-state index in [2.05, 4.69) is 37.1 Å². The molecule has 2 aromatic heterocycles. The lowest BCUT2D eigenvalue weighted by Gasteiger charge is -1.84. The number of aromatic amines is 1. The fourth-order valence-corrected chi connectivity index (χ4v) is 2.70. The normalized spacial score (nSPS) is 11.3. The Morgan fingerprint density at radius 3 is 2.42 bits per heavy atom. The summed E-state index contributed by atoms with van der Waals surface area (Å²) in [5, 5.41) is 0. The number of fused-ring (bicyclic) bond motifs is 1. The van der Waals surface area contributed by atoms with Crippen molar-refractivity contribution in [2.45, 2.75) is 27.7 Å². The fourth-order valence-electron chi connectivity index (χ4n) is 1.60. The lowest BCUT2D eigenvalue weighted by molar-refractivity contribution is -0.522. The van der Waals surface area contributed by atoms with Gasteiger partial charge in [0.2, 0.25) is 4.83 Å². The summed E-state index contributed by atoms with van der Waals surface area (Å²) in [5.41, 5.74) is 2.63. The number of hydrogen-bond acceptors (Lipinski definition) is 1. The Morgan fingerprint density at radius 2 is 1.83 bits per heavy atom. The monoisotopic (exact) mass is 181 g/mol. The maximum Gasteiger partial charge on any atom is 0.257 e. The molecule has 0 atom stereocenters. The van der Waals surface area contributed by atoms with Crippen LogP contribution in [0.4, 0.5) is 0 Å². The van der Waals surface area contributed by atoms with E-state index in [9.17, 15) is 0 Å². The second-order valence-corrected chi connectivity index (χ2v) is 4.42. The van der Waals surface area contributed by atoms with Crippen molar-refractivity contribution in [2.75, 3.05) is 0 Å². The first-order valence-electron chi connectivity index (χ1n) is 4.08. The number of rotatable bonds is 0. The third kappa shape index (κ3) is 0.829. The average molecular weight is 181 g/mol. The van der Waals surface area contributed by atoms with Gasteiger partial charge in [0, 0.05) is 18.7 Å². The summed E-state index contributed by atoms with van der Waals surface area (Å²) in [6.45, 7) is 8.57. The van der Waals surface area contributed by atoms with E-state index < -0.39 is 0 Å². The van der Waals surface area contributed by atoms with Gasteiger partial charge in [-0.3, -0.25) is 0 Å². The first-order chi connectivity index (χ1) is 5.61. The standard InChI is InChI=1S/C9H12N2S/c1-5-9-11(8(4)10-5)6(2)7(3)12-9/h1-4H3/p+1. The van der Waals surface area contributed by atoms with Crippen molar-refractivity contribution in [3.05, 3.63) is 22.1 Å². The molecule has 0 bridgehead atoms. The number of thiazole rings is 1. The molecule has 0 spiro atoms. The summed E-state index contributed by atoms with van der Waals surface area (Å²) >= 11 is 1.86. The van der Waals surface area contributed by atoms with Crippen LogP contribution in [0.15, 0.2) is 0 Å². The van der Waals surface area contributed by atoms with Crippen molar-refractivity contribution >= 4 is 16.2 Å². The van der Waals surface area contributed by atoms with E-state index >= 15 is 0 Å². The Hall–Kier alpha value is -0.830. The van der Waals surface area contributed by atoms with Crippen molar-refractivity contribution in [3.8, 4) is 0 Å². The molecule has 0 aliphatic rings. The number of aromatic nitrogens is 2. The molecule has 2 aromatic rings. The molecule has 12 heavy (non-hydrogen) atoms. The largest absolute Gasteiger partial charge is 0.257 e. The Balaban J connectivity index is 2.98. The van der Waals surface area contributed by atoms with Gasteiger partial charge in [0.05, 0.1) is 0 Å². The molecule has 0 saturated heterocycles. The lowest BCUT2D eigenvalue weighted by atomic mass is 10.4. The molecule has 2 heterocycles. The maximum absolute atomic E-state index is 3.34. The molecule has 64 valence electrons. The van der Waals surface area contributed by atoms with Crippen molar-refractivity contribution in [1.29, 1.82) is 0 Å². The molecule has 2 rings (SSSR count). The van der Waals surface area contributed by atoms with Crippen molar-refractivity contribution in [1.82, 2.24) is 4.98 Å². The summed E-state index contributed by atoms with van der Waals surface area (Å²) < 4.78 is 2.29. The van der Waals surface area contributed by atoms with Crippen LogP contribution in [0.2, 0.25) is 0 Å². The Morgan fingerprint density at radius 1 is 1.17 bits per heavy atom. The Kier molecular flexibility index (Phi) is 1.51. The van der Waals surface area contributed by atoms with Gasteiger partial charge >= 0.3 is 0 Å². The van der Waals surface area contributed by atoms with Crippen LogP contribution >= 0.6 is 11.3 Å². The van der Waals surface area contributed by atoms with E-state index in [1.165, 1.54) is 26.9 Å². The zero-order valence-corrected chi connectivity index (χ0v) is 8.67. The maximum atomic E-state index is 3.34. The molecule has 0 unspecified atom stereocenters. The van der Waals surface area contributed by atoms with Crippen LogP contribution in [0, 0.1) is 27.7 Å². The van der Waals surface area contributed by atoms with Gasteiger partial charge in [-0.25, -0.2) is 4.98 Å². The highest BCUT2D eigenvalue weighted by molar-refractivity contribution is 7.17. The summed E-state index contributed by atoms with van der Waals surface area (Å²) in [5.74, 6) is 1.23. The van der Waals surface area contributed by atoms with E-state index in [0.717, 1.165) is 0 Å². The number of hydrogen-bond donors (Lipinski definition) is 1. The minimum absolute atomic E-state index is 1.23. The molecule has 0 aromatic carbocycles. The van der Waals surface area contributed by atoms with Gasteiger partial charge in [-0.05, 0) is 13.8 Å². The molecule has 0 fully saturated rings. The second-order valence-electron chi connectivity index (χ2n) is 3.22. The van der Waals surface area contributed by atoms with Crippen molar-refractivity contribution in [3.63, 3.8) is 0 Å². The average Bonchev–Trinajstić information content (AvgIpc) is 2.41. The number of H-pyrrole nitrogens is 1. The second kappa shape index (κ2) is 2.33. The molecule has 0 radical (unpaired) electrons. The predicted molar refractivity (Wildman–Crippen MR) is 50.8 cm³/mol. The summed E-state index contributed by atoms with van der Waals surface area (Å²) in [4.78, 5) is 6.09. The molecule has 0 aliphatic carbocycles. The molecule has 3 heteroatoms. The van der Waals surface area contributed by atoms with Gasteiger partial charge in [-0.15, -0.1) is 0 Å². The summed E-state index contributed by atoms with van der Waals surface area (Å²) in [6.07, 6.45) is 0. The molecule has 0 amide bonds. The number of imidazole rings is 1. The zero-order chi connectivity index (χ0) is 8.88. The van der Waals surface area contributed by atoms with Crippen molar-refractivity contribution in [2.24, 2.45) is 0 Å². The van der Waals surface area contributed by atoms with E-state index in [1.807, 2.05) is 11.3 Å². The van der Waals surface area contributed by atoms with Gasteiger partial charge in [0.25, 0.3) is 5.82 Å². The third-order valence-electron chi connectivity index (χ3n) is 2.32. The quantitative estimate of drug-likeness (QED) is 0.600. The number of aryl methyl sites for hydroxylation is 4. The van der Waals surface area contributed by atoms with Gasteiger partial charge < -0.3 is 0 Å². The number of nitrogens with zero attached hydrogens (tertiary/aromatic N) is 1.